The van der Waals surface area contributed by atoms with Gasteiger partial charge < -0.3 is 30.7 Å². The van der Waals surface area contributed by atoms with Crippen molar-refractivity contribution >= 4 is 30.2 Å². The first-order chi connectivity index (χ1) is 21.7. The maximum absolute atomic E-state index is 12.3. The number of rotatable bonds is 28. The number of hydrogen-bond acceptors (Lipinski definition) is 8. The Kier molecular flexibility index (Phi) is 22.6. The van der Waals surface area contributed by atoms with Crippen molar-refractivity contribution in [1.82, 2.24) is 25.8 Å². The second kappa shape index (κ2) is 25.8. The first-order valence-corrected chi connectivity index (χ1v) is 16.4. The molecule has 2 atom stereocenters. The van der Waals surface area contributed by atoms with Gasteiger partial charge in [0.05, 0.1) is 5.69 Å². The van der Waals surface area contributed by atoms with E-state index in [0.29, 0.717) is 45.1 Å². The van der Waals surface area contributed by atoms with Gasteiger partial charge in [0.2, 0.25) is 5.91 Å². The van der Waals surface area contributed by atoms with Crippen LogP contribution in [-0.2, 0) is 30.5 Å². The Labute approximate surface area is 268 Å². The Bertz CT molecular complexity index is 979. The number of urea groups is 1. The minimum absolute atomic E-state index is 0.0222. The molecule has 4 N–H and O–H groups in total. The fourth-order valence-corrected chi connectivity index (χ4v) is 4.83. The van der Waals surface area contributed by atoms with Crippen LogP contribution in [0.2, 0.25) is 0 Å². The van der Waals surface area contributed by atoms with Crippen molar-refractivity contribution in [1.29, 1.82) is 0 Å². The van der Waals surface area contributed by atoms with Crippen molar-refractivity contribution < 1.29 is 33.8 Å². The predicted octanol–water partition coefficient (Wildman–Crippen LogP) is 4.71. The molecule has 12 heteroatoms. The number of amides is 3. The summed E-state index contributed by atoms with van der Waals surface area (Å²) in [5.41, 5.74) is 1.02. The zero-order chi connectivity index (χ0) is 33.1. The topological polar surface area (TPSA) is 167 Å². The van der Waals surface area contributed by atoms with Gasteiger partial charge in [0.1, 0.15) is 5.78 Å². The molecule has 0 aliphatic heterocycles. The second-order valence-corrected chi connectivity index (χ2v) is 11.7. The van der Waals surface area contributed by atoms with Crippen molar-refractivity contribution in [2.45, 2.75) is 128 Å². The Morgan fingerprint density at radius 3 is 2.22 bits per heavy atom. The van der Waals surface area contributed by atoms with E-state index in [4.69, 9.17) is 9.84 Å². The number of ketones is 1. The van der Waals surface area contributed by atoms with Gasteiger partial charge in [0.25, 0.3) is 6.47 Å². The third kappa shape index (κ3) is 23.5. The number of hydrogen-bond donors (Lipinski definition) is 4. The molecule has 254 valence electrons. The van der Waals surface area contributed by atoms with Crippen LogP contribution in [0.5, 0.6) is 0 Å². The molecule has 0 aliphatic rings. The van der Waals surface area contributed by atoms with Gasteiger partial charge in [-0.1, -0.05) is 31.7 Å². The normalized spacial score (nSPS) is 12.2. The molecule has 45 heavy (non-hydrogen) atoms. The van der Waals surface area contributed by atoms with Crippen LogP contribution < -0.4 is 16.0 Å². The van der Waals surface area contributed by atoms with E-state index in [2.05, 4.69) is 25.8 Å². The molecular weight excluding hydrogens is 578 g/mol. The lowest BCUT2D eigenvalue weighted by Gasteiger charge is -2.19. The summed E-state index contributed by atoms with van der Waals surface area (Å²) in [6, 6.07) is 5.38. The maximum atomic E-state index is 12.3. The summed E-state index contributed by atoms with van der Waals surface area (Å²) in [7, 11) is 2.04. The molecule has 1 aromatic heterocycles. The molecule has 12 nitrogen and oxygen atoms in total. The molecule has 2 unspecified atom stereocenters. The molecular formula is C33H55N5O7. The monoisotopic (exact) mass is 633 g/mol. The zero-order valence-corrected chi connectivity index (χ0v) is 27.3. The first-order valence-electron chi connectivity index (χ1n) is 16.4. The van der Waals surface area contributed by atoms with Gasteiger partial charge in [-0.15, -0.1) is 0 Å². The minimum atomic E-state index is -0.878. The van der Waals surface area contributed by atoms with Gasteiger partial charge in [-0.05, 0) is 77.6 Å². The van der Waals surface area contributed by atoms with Crippen molar-refractivity contribution in [3.63, 3.8) is 0 Å². The molecule has 1 heterocycles. The minimum Gasteiger partial charge on any atom is -0.481 e. The van der Waals surface area contributed by atoms with E-state index in [1.54, 1.807) is 13.1 Å². The zero-order valence-electron chi connectivity index (χ0n) is 27.3. The molecule has 0 bridgehead atoms. The SMILES string of the molecule is CC(CCC(=O)O)NC(=O)NCCCCCCC(=O)CCCCCCC(=O)NC(CCCCN(C)Cc1ccccn1)OC=O. The fourth-order valence-electron chi connectivity index (χ4n) is 4.83. The van der Waals surface area contributed by atoms with Crippen LogP contribution in [0.3, 0.4) is 0 Å². The third-order valence-electron chi connectivity index (χ3n) is 7.40. The highest BCUT2D eigenvalue weighted by atomic mass is 16.5. The number of carboxylic acid groups (broad SMARTS) is 1. The van der Waals surface area contributed by atoms with E-state index in [-0.39, 0.29) is 30.2 Å². The number of carboxylic acids is 1. The highest BCUT2D eigenvalue weighted by Crippen LogP contribution is 2.11. The number of pyridine rings is 1. The van der Waals surface area contributed by atoms with Crippen LogP contribution in [0, 0.1) is 0 Å². The number of ether oxygens (including phenoxy) is 1. The van der Waals surface area contributed by atoms with Crippen molar-refractivity contribution in [2.75, 3.05) is 20.1 Å². The summed E-state index contributed by atoms with van der Waals surface area (Å²) in [6.45, 7) is 4.34. The van der Waals surface area contributed by atoms with Crippen molar-refractivity contribution in [2.24, 2.45) is 0 Å². The van der Waals surface area contributed by atoms with Crippen LogP contribution in [-0.4, -0.2) is 77.6 Å². The van der Waals surface area contributed by atoms with E-state index in [1.165, 1.54) is 0 Å². The number of carbonyl (C=O) groups is 5. The molecule has 1 rings (SSSR count). The molecule has 0 saturated carbocycles. The van der Waals surface area contributed by atoms with E-state index in [9.17, 15) is 24.0 Å². The van der Waals surface area contributed by atoms with Gasteiger partial charge in [0.15, 0.2) is 6.23 Å². The van der Waals surface area contributed by atoms with Crippen LogP contribution in [0.1, 0.15) is 115 Å². The molecule has 0 aromatic carbocycles. The molecule has 0 fully saturated rings. The Morgan fingerprint density at radius 1 is 0.889 bits per heavy atom. The summed E-state index contributed by atoms with van der Waals surface area (Å²) in [5, 5.41) is 17.0. The summed E-state index contributed by atoms with van der Waals surface area (Å²) >= 11 is 0. The molecule has 0 spiro atoms. The number of carbonyl (C=O) groups excluding carboxylic acids is 4. The Morgan fingerprint density at radius 2 is 1.58 bits per heavy atom. The number of nitrogens with one attached hydrogen (secondary N) is 3. The van der Waals surface area contributed by atoms with E-state index in [1.807, 2.05) is 25.2 Å². The first kappa shape index (κ1) is 39.5. The number of Topliss-reactive ketones (excluding diaryl/α,β-unsaturated/α-hetero) is 1. The number of nitrogens with zero attached hydrogens (tertiary/aromatic N) is 2. The predicted molar refractivity (Wildman–Crippen MR) is 172 cm³/mol. The lowest BCUT2D eigenvalue weighted by Crippen LogP contribution is -2.41. The highest BCUT2D eigenvalue weighted by molar-refractivity contribution is 5.78. The molecule has 3 amide bonds. The van der Waals surface area contributed by atoms with Crippen molar-refractivity contribution in [3.8, 4) is 0 Å². The van der Waals surface area contributed by atoms with E-state index >= 15 is 0 Å². The van der Waals surface area contributed by atoms with Gasteiger partial charge in [0, 0.05) is 57.4 Å². The third-order valence-corrected chi connectivity index (χ3v) is 7.40. The summed E-state index contributed by atoms with van der Waals surface area (Å²) < 4.78 is 5.07. The van der Waals surface area contributed by atoms with Crippen LogP contribution in [0.25, 0.3) is 0 Å². The molecule has 1 aromatic rings. The summed E-state index contributed by atoms with van der Waals surface area (Å²) in [4.78, 5) is 64.3. The summed E-state index contributed by atoms with van der Waals surface area (Å²) in [6.07, 6.45) is 12.2. The van der Waals surface area contributed by atoms with Gasteiger partial charge in [-0.25, -0.2) is 4.79 Å². The van der Waals surface area contributed by atoms with Crippen LogP contribution in [0.15, 0.2) is 24.4 Å². The number of aliphatic carboxylic acids is 1. The number of unbranched alkanes of at least 4 members (excludes halogenated alkanes) is 7. The molecule has 0 radical (unpaired) electrons. The quantitative estimate of drug-likeness (QED) is 0.0580. The number of aromatic nitrogens is 1. The lowest BCUT2D eigenvalue weighted by molar-refractivity contribution is -0.139. The van der Waals surface area contributed by atoms with Crippen molar-refractivity contribution in [3.05, 3.63) is 30.1 Å². The lowest BCUT2D eigenvalue weighted by atomic mass is 10.0. The molecule has 0 saturated heterocycles. The van der Waals surface area contributed by atoms with E-state index in [0.717, 1.165) is 83.0 Å². The maximum Gasteiger partial charge on any atom is 0.314 e. The van der Waals surface area contributed by atoms with Crippen LogP contribution in [0.4, 0.5) is 4.79 Å². The standard InChI is InChI=1S/C33H55N5O7/c1-27(20-21-32(42)43)36-33(44)35-23-12-6-5-8-17-29(40)16-7-3-4-9-18-30(41)37-31(45-26-39)19-11-14-24-38(2)25-28-15-10-13-22-34-28/h10,13,15,22,26-27,31H,3-9,11-12,14,16-21,23-25H2,1-2H3,(H,37,41)(H,42,43)(H2,35,36,44). The largest absolute Gasteiger partial charge is 0.481 e. The molecule has 0 aliphatic carbocycles. The second-order valence-electron chi connectivity index (χ2n) is 11.7. The van der Waals surface area contributed by atoms with E-state index < -0.39 is 12.2 Å². The smallest absolute Gasteiger partial charge is 0.314 e. The average Bonchev–Trinajstić information content (AvgIpc) is 3.00. The Balaban J connectivity index is 2.00. The van der Waals surface area contributed by atoms with Gasteiger partial charge in [-0.2, -0.15) is 0 Å². The Hall–Kier alpha value is -3.54. The van der Waals surface area contributed by atoms with Crippen LogP contribution >= 0.6 is 0 Å². The summed E-state index contributed by atoms with van der Waals surface area (Å²) in [5.74, 6) is -0.750. The highest BCUT2D eigenvalue weighted by Gasteiger charge is 2.13. The van der Waals surface area contributed by atoms with Gasteiger partial charge in [-0.3, -0.25) is 24.2 Å². The van der Waals surface area contributed by atoms with Gasteiger partial charge >= 0.3 is 12.0 Å². The average molecular weight is 634 g/mol. The fraction of sp³-hybridized carbons (Fsp3) is 0.697.